The summed E-state index contributed by atoms with van der Waals surface area (Å²) < 4.78 is 11.2. The number of hydrogen-bond acceptors (Lipinski definition) is 5. The van der Waals surface area contributed by atoms with E-state index < -0.39 is 17.7 Å². The molecule has 0 radical (unpaired) electrons. The van der Waals surface area contributed by atoms with Crippen molar-refractivity contribution in [2.24, 2.45) is 0 Å². The number of Topliss-reactive ketones (excluding diaryl/α,β-unsaturated/α-hetero) is 1. The molecule has 4 rings (SSSR count). The molecule has 1 fully saturated rings. The van der Waals surface area contributed by atoms with Gasteiger partial charge in [0.15, 0.2) is 0 Å². The predicted molar refractivity (Wildman–Crippen MR) is 117 cm³/mol. The lowest BCUT2D eigenvalue weighted by Gasteiger charge is -2.25. The van der Waals surface area contributed by atoms with Gasteiger partial charge in [-0.3, -0.25) is 14.5 Å². The van der Waals surface area contributed by atoms with Crippen LogP contribution in [0.25, 0.3) is 5.76 Å². The second-order valence-electron chi connectivity index (χ2n) is 7.34. The zero-order valence-electron chi connectivity index (χ0n) is 17.6. The van der Waals surface area contributed by atoms with Crippen LogP contribution < -0.4 is 9.64 Å². The fourth-order valence-electron chi connectivity index (χ4n) is 3.83. The molecule has 1 N–H and O–H groups in total. The monoisotopic (exact) mass is 417 g/mol. The lowest BCUT2D eigenvalue weighted by atomic mass is 9.98. The first-order chi connectivity index (χ1) is 15.0. The molecule has 6 heteroatoms. The second kappa shape index (κ2) is 8.14. The van der Waals surface area contributed by atoms with Crippen LogP contribution in [0.2, 0.25) is 0 Å². The molecule has 0 saturated carbocycles. The lowest BCUT2D eigenvalue weighted by molar-refractivity contribution is -0.132. The topological polar surface area (TPSA) is 80.0 Å². The molecular formula is C25H23NO5. The van der Waals surface area contributed by atoms with E-state index in [0.29, 0.717) is 28.5 Å². The highest BCUT2D eigenvalue weighted by Crippen LogP contribution is 2.45. The number of methoxy groups -OCH3 is 1. The standard InChI is InChI=1S/C25H23NO5/c1-4-16-10-12-17(13-11-16)23(27)21-22(20-14-9-15(2)31-20)26(25(29)24(21)28)18-7-5-6-8-19(18)30-3/h5-14,22,27H,4H2,1-3H3/b23-21-. The molecule has 158 valence electrons. The van der Waals surface area contributed by atoms with E-state index >= 15 is 0 Å². The highest BCUT2D eigenvalue weighted by Gasteiger charge is 2.49. The van der Waals surface area contributed by atoms with Crippen LogP contribution in [0, 0.1) is 6.92 Å². The predicted octanol–water partition coefficient (Wildman–Crippen LogP) is 4.79. The minimum atomic E-state index is -0.921. The number of anilines is 1. The van der Waals surface area contributed by atoms with Gasteiger partial charge in [-0.2, -0.15) is 0 Å². The van der Waals surface area contributed by atoms with Crippen LogP contribution in [0.1, 0.15) is 35.6 Å². The maximum absolute atomic E-state index is 13.1. The molecule has 1 saturated heterocycles. The van der Waals surface area contributed by atoms with Crippen LogP contribution >= 0.6 is 0 Å². The SMILES string of the molecule is CCc1ccc(/C(O)=C2/C(=O)C(=O)N(c3ccccc3OC)C2c2ccc(C)o2)cc1. The van der Waals surface area contributed by atoms with Crippen molar-refractivity contribution in [2.75, 3.05) is 12.0 Å². The summed E-state index contributed by atoms with van der Waals surface area (Å²) in [5.74, 6) is -0.318. The number of ether oxygens (including phenoxy) is 1. The van der Waals surface area contributed by atoms with Gasteiger partial charge in [0.05, 0.1) is 18.4 Å². The van der Waals surface area contributed by atoms with Crippen molar-refractivity contribution < 1.29 is 23.8 Å². The quantitative estimate of drug-likeness (QED) is 0.367. The van der Waals surface area contributed by atoms with Gasteiger partial charge in [-0.15, -0.1) is 0 Å². The minimum Gasteiger partial charge on any atom is -0.507 e. The third-order valence-electron chi connectivity index (χ3n) is 5.46. The van der Waals surface area contributed by atoms with E-state index in [0.717, 1.165) is 12.0 Å². The second-order valence-corrected chi connectivity index (χ2v) is 7.34. The molecule has 1 aromatic heterocycles. The number of furan rings is 1. The molecule has 6 nitrogen and oxygen atoms in total. The molecule has 0 aliphatic carbocycles. The Bertz CT molecular complexity index is 1170. The zero-order chi connectivity index (χ0) is 22.1. The number of nitrogens with zero attached hydrogens (tertiary/aromatic N) is 1. The summed E-state index contributed by atoms with van der Waals surface area (Å²) in [5.41, 5.74) is 1.97. The molecular weight excluding hydrogens is 394 g/mol. The summed E-state index contributed by atoms with van der Waals surface area (Å²) in [7, 11) is 1.50. The van der Waals surface area contributed by atoms with Gasteiger partial charge in [0, 0.05) is 5.56 Å². The Hall–Kier alpha value is -3.80. The van der Waals surface area contributed by atoms with Crippen molar-refractivity contribution in [1.29, 1.82) is 0 Å². The Labute approximate surface area is 180 Å². The number of hydrogen-bond donors (Lipinski definition) is 1. The maximum atomic E-state index is 13.1. The molecule has 31 heavy (non-hydrogen) atoms. The molecule has 1 unspecified atom stereocenters. The molecule has 3 aromatic rings. The number of ketones is 1. The number of para-hydroxylation sites is 2. The van der Waals surface area contributed by atoms with Gasteiger partial charge in [-0.05, 0) is 43.2 Å². The average molecular weight is 417 g/mol. The molecule has 1 aliphatic rings. The van der Waals surface area contributed by atoms with Crippen molar-refractivity contribution in [3.63, 3.8) is 0 Å². The largest absolute Gasteiger partial charge is 0.507 e. The Morgan fingerprint density at radius 3 is 2.39 bits per heavy atom. The number of rotatable bonds is 5. The molecule has 0 spiro atoms. The van der Waals surface area contributed by atoms with Crippen LogP contribution in [-0.2, 0) is 16.0 Å². The van der Waals surface area contributed by atoms with Gasteiger partial charge < -0.3 is 14.3 Å². The Kier molecular flexibility index (Phi) is 5.38. The average Bonchev–Trinajstić information content (AvgIpc) is 3.34. The lowest BCUT2D eigenvalue weighted by Crippen LogP contribution is -2.29. The Morgan fingerprint density at radius 2 is 1.77 bits per heavy atom. The summed E-state index contributed by atoms with van der Waals surface area (Å²) >= 11 is 0. The number of aryl methyl sites for hydroxylation is 2. The van der Waals surface area contributed by atoms with Crippen LogP contribution in [-0.4, -0.2) is 23.9 Å². The number of aliphatic hydroxyl groups excluding tert-OH is 1. The van der Waals surface area contributed by atoms with Gasteiger partial charge in [-0.1, -0.05) is 43.3 Å². The van der Waals surface area contributed by atoms with E-state index in [4.69, 9.17) is 9.15 Å². The van der Waals surface area contributed by atoms with Crippen LogP contribution in [0.4, 0.5) is 5.69 Å². The third-order valence-corrected chi connectivity index (χ3v) is 5.46. The number of carbonyl (C=O) groups is 2. The van der Waals surface area contributed by atoms with E-state index in [9.17, 15) is 14.7 Å². The van der Waals surface area contributed by atoms with Crippen molar-refractivity contribution in [3.8, 4) is 5.75 Å². The van der Waals surface area contributed by atoms with Crippen molar-refractivity contribution in [2.45, 2.75) is 26.3 Å². The third kappa shape index (κ3) is 3.50. The van der Waals surface area contributed by atoms with Crippen molar-refractivity contribution in [3.05, 3.63) is 88.9 Å². The van der Waals surface area contributed by atoms with E-state index in [2.05, 4.69) is 0 Å². The first-order valence-electron chi connectivity index (χ1n) is 10.1. The number of amides is 1. The van der Waals surface area contributed by atoms with Crippen LogP contribution in [0.3, 0.4) is 0 Å². The van der Waals surface area contributed by atoms with E-state index in [-0.39, 0.29) is 11.3 Å². The highest BCUT2D eigenvalue weighted by atomic mass is 16.5. The molecule has 2 heterocycles. The Morgan fingerprint density at radius 1 is 1.06 bits per heavy atom. The van der Waals surface area contributed by atoms with Crippen LogP contribution in [0.5, 0.6) is 5.75 Å². The highest BCUT2D eigenvalue weighted by molar-refractivity contribution is 6.51. The van der Waals surface area contributed by atoms with Gasteiger partial charge in [-0.25, -0.2) is 0 Å². The van der Waals surface area contributed by atoms with Gasteiger partial charge in [0.1, 0.15) is 29.1 Å². The van der Waals surface area contributed by atoms with Crippen LogP contribution in [0.15, 0.2) is 70.7 Å². The van der Waals surface area contributed by atoms with Crippen molar-refractivity contribution >= 4 is 23.1 Å². The van der Waals surface area contributed by atoms with Gasteiger partial charge in [0.25, 0.3) is 11.7 Å². The van der Waals surface area contributed by atoms with E-state index in [1.807, 2.05) is 19.1 Å². The summed E-state index contributed by atoms with van der Waals surface area (Å²) in [4.78, 5) is 27.6. The van der Waals surface area contributed by atoms with Crippen molar-refractivity contribution in [1.82, 2.24) is 0 Å². The number of benzene rings is 2. The summed E-state index contributed by atoms with van der Waals surface area (Å²) in [5, 5.41) is 11.1. The number of carbonyl (C=O) groups excluding carboxylic acids is 2. The van der Waals surface area contributed by atoms with E-state index in [1.165, 1.54) is 12.0 Å². The smallest absolute Gasteiger partial charge is 0.300 e. The molecule has 0 bridgehead atoms. The van der Waals surface area contributed by atoms with Gasteiger partial charge in [0.2, 0.25) is 0 Å². The summed E-state index contributed by atoms with van der Waals surface area (Å²) in [6.45, 7) is 3.81. The molecule has 1 atom stereocenters. The number of aliphatic hydroxyl groups is 1. The summed E-state index contributed by atoms with van der Waals surface area (Å²) in [6, 6.07) is 16.8. The minimum absolute atomic E-state index is 0.0190. The van der Waals surface area contributed by atoms with Gasteiger partial charge >= 0.3 is 0 Å². The first-order valence-corrected chi connectivity index (χ1v) is 10.1. The first kappa shape index (κ1) is 20.5. The molecule has 1 amide bonds. The molecule has 1 aliphatic heterocycles. The fraction of sp³-hybridized carbons (Fsp3) is 0.200. The maximum Gasteiger partial charge on any atom is 0.300 e. The molecule has 2 aromatic carbocycles. The normalized spacial score (nSPS) is 17.9. The zero-order valence-corrected chi connectivity index (χ0v) is 17.6. The summed E-state index contributed by atoms with van der Waals surface area (Å²) in [6.07, 6.45) is 0.852. The Balaban J connectivity index is 1.93. The van der Waals surface area contributed by atoms with E-state index in [1.54, 1.807) is 55.5 Å². The fourth-order valence-corrected chi connectivity index (χ4v) is 3.83.